The average molecular weight is 493 g/mol. The van der Waals surface area contributed by atoms with Crippen molar-refractivity contribution in [2.24, 2.45) is 12.0 Å². The zero-order valence-corrected chi connectivity index (χ0v) is 22.6. The predicted molar refractivity (Wildman–Crippen MR) is 156 cm³/mol. The Balaban J connectivity index is 0.00000156. The Morgan fingerprint density at radius 3 is 2.51 bits per heavy atom. The van der Waals surface area contributed by atoms with Crippen molar-refractivity contribution in [3.05, 3.63) is 101 Å². The van der Waals surface area contributed by atoms with E-state index in [2.05, 4.69) is 83.9 Å². The first-order valence-electron chi connectivity index (χ1n) is 12.8. The van der Waals surface area contributed by atoms with Crippen molar-refractivity contribution in [3.8, 4) is 0 Å². The SMILES string of the molecule is CC.CN=C(NCc1c(C)cc2c(N)nccc2c1C)c1nc(Cc2ccc3ccccc3c2)cn1C. The zero-order chi connectivity index (χ0) is 26.5. The minimum absolute atomic E-state index is 0.566. The summed E-state index contributed by atoms with van der Waals surface area (Å²) >= 11 is 0. The number of amidine groups is 1. The van der Waals surface area contributed by atoms with Crippen LogP contribution in [0.15, 0.2) is 72.0 Å². The molecule has 0 saturated carbocycles. The summed E-state index contributed by atoms with van der Waals surface area (Å²) in [5.41, 5.74) is 12.0. The third-order valence-corrected chi connectivity index (χ3v) is 6.71. The van der Waals surface area contributed by atoms with Crippen LogP contribution in [0.5, 0.6) is 0 Å². The number of aliphatic imine (C=N–C) groups is 1. The molecular weight excluding hydrogens is 456 g/mol. The van der Waals surface area contributed by atoms with E-state index < -0.39 is 0 Å². The quantitative estimate of drug-likeness (QED) is 0.229. The lowest BCUT2D eigenvalue weighted by Crippen LogP contribution is -2.27. The molecule has 0 atom stereocenters. The van der Waals surface area contributed by atoms with Gasteiger partial charge in [-0.05, 0) is 64.4 Å². The van der Waals surface area contributed by atoms with E-state index in [0.29, 0.717) is 12.4 Å². The summed E-state index contributed by atoms with van der Waals surface area (Å²) in [6.07, 6.45) is 4.62. The fraction of sp³-hybridized carbons (Fsp3) is 0.258. The van der Waals surface area contributed by atoms with Gasteiger partial charge in [0.05, 0.1) is 5.69 Å². The molecule has 0 aliphatic rings. The van der Waals surface area contributed by atoms with E-state index in [1.165, 1.54) is 33.0 Å². The molecule has 5 aromatic rings. The van der Waals surface area contributed by atoms with E-state index >= 15 is 0 Å². The molecule has 3 aromatic carbocycles. The molecule has 0 saturated heterocycles. The monoisotopic (exact) mass is 492 g/mol. The number of aryl methyl sites for hydroxylation is 3. The minimum Gasteiger partial charge on any atom is -0.383 e. The van der Waals surface area contributed by atoms with Crippen LogP contribution in [0, 0.1) is 13.8 Å². The highest BCUT2D eigenvalue weighted by Gasteiger charge is 2.15. The first-order valence-corrected chi connectivity index (χ1v) is 12.8. The molecule has 2 heterocycles. The second kappa shape index (κ2) is 11.2. The van der Waals surface area contributed by atoms with E-state index in [1.807, 2.05) is 31.5 Å². The molecule has 2 aromatic heterocycles. The molecule has 37 heavy (non-hydrogen) atoms. The summed E-state index contributed by atoms with van der Waals surface area (Å²) < 4.78 is 2.04. The van der Waals surface area contributed by atoms with Gasteiger partial charge >= 0.3 is 0 Å². The number of nitrogens with two attached hydrogens (primary N) is 1. The van der Waals surface area contributed by atoms with Crippen LogP contribution in [0.3, 0.4) is 0 Å². The second-order valence-corrected chi connectivity index (χ2v) is 9.04. The standard InChI is InChI=1S/C29H30N6.C2H6/c1-18-13-25-24(11-12-32-27(25)30)19(2)26(18)16-33-28(31-3)29-34-23(17-35(29)4)15-20-9-10-21-7-5-6-8-22(21)14-20;1-2/h5-14,17H,15-16H2,1-4H3,(H2,30,32)(H,31,33);1-2H3. The molecule has 0 spiro atoms. The number of nitrogens with zero attached hydrogens (tertiary/aromatic N) is 4. The fourth-order valence-corrected chi connectivity index (χ4v) is 4.82. The fourth-order valence-electron chi connectivity index (χ4n) is 4.82. The Hall–Kier alpha value is -4.19. The Kier molecular flexibility index (Phi) is 7.87. The first kappa shape index (κ1) is 25.9. The molecule has 6 heteroatoms. The van der Waals surface area contributed by atoms with E-state index in [0.717, 1.165) is 34.5 Å². The number of benzene rings is 3. The molecule has 0 unspecified atom stereocenters. The number of aromatic nitrogens is 3. The van der Waals surface area contributed by atoms with Gasteiger partial charge in [0.1, 0.15) is 5.82 Å². The van der Waals surface area contributed by atoms with Crippen molar-refractivity contribution in [1.82, 2.24) is 19.9 Å². The van der Waals surface area contributed by atoms with Crippen molar-refractivity contribution in [1.29, 1.82) is 0 Å². The van der Waals surface area contributed by atoms with Crippen molar-refractivity contribution in [2.75, 3.05) is 12.8 Å². The maximum atomic E-state index is 6.11. The van der Waals surface area contributed by atoms with Crippen LogP contribution in [-0.2, 0) is 20.0 Å². The van der Waals surface area contributed by atoms with Crippen LogP contribution in [0.1, 0.15) is 47.6 Å². The van der Waals surface area contributed by atoms with Crippen molar-refractivity contribution < 1.29 is 0 Å². The second-order valence-electron chi connectivity index (χ2n) is 9.04. The summed E-state index contributed by atoms with van der Waals surface area (Å²) in [5.74, 6) is 2.16. The van der Waals surface area contributed by atoms with Gasteiger partial charge in [0.25, 0.3) is 0 Å². The normalized spacial score (nSPS) is 11.5. The lowest BCUT2D eigenvalue weighted by molar-refractivity contribution is 0.844. The van der Waals surface area contributed by atoms with Gasteiger partial charge in [-0.1, -0.05) is 56.3 Å². The van der Waals surface area contributed by atoms with Crippen molar-refractivity contribution in [2.45, 2.75) is 40.7 Å². The molecule has 0 amide bonds. The van der Waals surface area contributed by atoms with Crippen LogP contribution in [0.25, 0.3) is 21.5 Å². The number of fused-ring (bicyclic) bond motifs is 2. The van der Waals surface area contributed by atoms with E-state index in [1.54, 1.807) is 13.2 Å². The number of rotatable bonds is 5. The Morgan fingerprint density at radius 1 is 1.00 bits per heavy atom. The van der Waals surface area contributed by atoms with Gasteiger partial charge in [-0.2, -0.15) is 0 Å². The van der Waals surface area contributed by atoms with Gasteiger partial charge in [0.15, 0.2) is 11.7 Å². The molecule has 5 rings (SSSR count). The molecule has 3 N–H and O–H groups in total. The van der Waals surface area contributed by atoms with Crippen molar-refractivity contribution in [3.63, 3.8) is 0 Å². The van der Waals surface area contributed by atoms with Gasteiger partial charge in [-0.3, -0.25) is 4.99 Å². The third-order valence-electron chi connectivity index (χ3n) is 6.71. The number of hydrogen-bond donors (Lipinski definition) is 2. The number of imidazole rings is 1. The van der Waals surface area contributed by atoms with Crippen LogP contribution < -0.4 is 11.1 Å². The third kappa shape index (κ3) is 5.33. The molecule has 0 aliphatic heterocycles. The summed E-state index contributed by atoms with van der Waals surface area (Å²) in [6, 6.07) is 19.2. The smallest absolute Gasteiger partial charge is 0.175 e. The van der Waals surface area contributed by atoms with Crippen LogP contribution >= 0.6 is 0 Å². The van der Waals surface area contributed by atoms with Gasteiger partial charge in [-0.15, -0.1) is 0 Å². The number of nitrogens with one attached hydrogen (secondary N) is 1. The molecule has 0 aliphatic carbocycles. The number of pyridine rings is 1. The van der Waals surface area contributed by atoms with Crippen LogP contribution in [0.4, 0.5) is 5.82 Å². The maximum Gasteiger partial charge on any atom is 0.175 e. The Labute approximate surface area is 219 Å². The first-order chi connectivity index (χ1) is 17.9. The average Bonchev–Trinajstić information content (AvgIpc) is 3.27. The summed E-state index contributed by atoms with van der Waals surface area (Å²) in [7, 11) is 3.81. The lowest BCUT2D eigenvalue weighted by Gasteiger charge is -2.16. The summed E-state index contributed by atoms with van der Waals surface area (Å²) in [4.78, 5) is 13.7. The number of nitrogen functional groups attached to an aromatic ring is 1. The zero-order valence-electron chi connectivity index (χ0n) is 22.6. The van der Waals surface area contributed by atoms with E-state index in [9.17, 15) is 0 Å². The van der Waals surface area contributed by atoms with Gasteiger partial charge in [0, 0.05) is 44.8 Å². The van der Waals surface area contributed by atoms with E-state index in [-0.39, 0.29) is 0 Å². The number of hydrogen-bond acceptors (Lipinski definition) is 4. The molecule has 0 bridgehead atoms. The maximum absolute atomic E-state index is 6.11. The Morgan fingerprint density at radius 2 is 1.76 bits per heavy atom. The van der Waals surface area contributed by atoms with Gasteiger partial charge in [-0.25, -0.2) is 9.97 Å². The highest BCUT2D eigenvalue weighted by Crippen LogP contribution is 2.28. The predicted octanol–water partition coefficient (Wildman–Crippen LogP) is 6.10. The van der Waals surface area contributed by atoms with Crippen molar-refractivity contribution >= 4 is 33.2 Å². The van der Waals surface area contributed by atoms with Crippen LogP contribution in [0.2, 0.25) is 0 Å². The largest absolute Gasteiger partial charge is 0.383 e. The van der Waals surface area contributed by atoms with Gasteiger partial charge in [0.2, 0.25) is 0 Å². The minimum atomic E-state index is 0.566. The highest BCUT2D eigenvalue weighted by atomic mass is 15.1. The van der Waals surface area contributed by atoms with Crippen LogP contribution in [-0.4, -0.2) is 27.4 Å². The topological polar surface area (TPSA) is 81.1 Å². The highest BCUT2D eigenvalue weighted by molar-refractivity contribution is 5.97. The molecule has 0 fully saturated rings. The summed E-state index contributed by atoms with van der Waals surface area (Å²) in [6.45, 7) is 8.90. The number of anilines is 1. The summed E-state index contributed by atoms with van der Waals surface area (Å²) in [5, 5.41) is 8.15. The molecule has 190 valence electrons. The molecular formula is C31H36N6. The Bertz CT molecular complexity index is 1580. The molecule has 6 nitrogen and oxygen atoms in total. The van der Waals surface area contributed by atoms with E-state index in [4.69, 9.17) is 10.7 Å². The molecule has 0 radical (unpaired) electrons. The van der Waals surface area contributed by atoms with Gasteiger partial charge < -0.3 is 15.6 Å². The lowest BCUT2D eigenvalue weighted by atomic mass is 9.96.